The summed E-state index contributed by atoms with van der Waals surface area (Å²) in [6, 6.07) is 3.66. The fraction of sp³-hybridized carbons (Fsp3) is 0.375. The number of carbonyl (C=O) groups is 1. The molecule has 130 valence electrons. The molecule has 4 rings (SSSR count). The Kier molecular flexibility index (Phi) is 4.33. The number of furan rings is 1. The average Bonchev–Trinajstić information content (AvgIpc) is 3.36. The second-order valence-corrected chi connectivity index (χ2v) is 6.94. The van der Waals surface area contributed by atoms with E-state index >= 15 is 0 Å². The van der Waals surface area contributed by atoms with E-state index < -0.39 is 0 Å². The van der Waals surface area contributed by atoms with Crippen LogP contribution < -0.4 is 0 Å². The van der Waals surface area contributed by atoms with Crippen LogP contribution >= 0.6 is 11.3 Å². The molecule has 0 aliphatic carbocycles. The molecule has 9 heteroatoms. The first-order chi connectivity index (χ1) is 12.2. The van der Waals surface area contributed by atoms with Crippen LogP contribution in [0.5, 0.6) is 0 Å². The average molecular weight is 358 g/mol. The van der Waals surface area contributed by atoms with Gasteiger partial charge in [-0.15, -0.1) is 11.3 Å². The van der Waals surface area contributed by atoms with Gasteiger partial charge in [-0.1, -0.05) is 0 Å². The molecule has 25 heavy (non-hydrogen) atoms. The van der Waals surface area contributed by atoms with E-state index in [1.807, 2.05) is 24.0 Å². The Morgan fingerprint density at radius 1 is 1.36 bits per heavy atom. The second-order valence-electron chi connectivity index (χ2n) is 5.91. The molecular formula is C16H18N6O2S. The van der Waals surface area contributed by atoms with Crippen molar-refractivity contribution in [1.82, 2.24) is 30.0 Å². The first-order valence-corrected chi connectivity index (χ1v) is 8.90. The van der Waals surface area contributed by atoms with Gasteiger partial charge in [-0.3, -0.25) is 14.8 Å². The van der Waals surface area contributed by atoms with Crippen LogP contribution in [0, 0.1) is 6.92 Å². The molecule has 0 aromatic carbocycles. The van der Waals surface area contributed by atoms with Gasteiger partial charge in [0.2, 0.25) is 0 Å². The van der Waals surface area contributed by atoms with Crippen LogP contribution in [0.15, 0.2) is 29.0 Å². The summed E-state index contributed by atoms with van der Waals surface area (Å²) in [6.07, 6.45) is 3.24. The Morgan fingerprint density at radius 2 is 2.20 bits per heavy atom. The summed E-state index contributed by atoms with van der Waals surface area (Å²) in [6.45, 7) is 5.59. The van der Waals surface area contributed by atoms with Gasteiger partial charge in [-0.25, -0.2) is 9.97 Å². The molecule has 3 aromatic rings. The van der Waals surface area contributed by atoms with E-state index in [9.17, 15) is 4.79 Å². The minimum absolute atomic E-state index is 0.0312. The normalized spacial score (nSPS) is 15.6. The number of nitrogens with one attached hydrogen (secondary N) is 1. The number of aromatic nitrogens is 4. The van der Waals surface area contributed by atoms with Crippen LogP contribution in [-0.2, 0) is 6.54 Å². The third kappa shape index (κ3) is 3.47. The minimum atomic E-state index is 0.0312. The van der Waals surface area contributed by atoms with Crippen molar-refractivity contribution < 1.29 is 9.21 Å². The summed E-state index contributed by atoms with van der Waals surface area (Å²) in [5.74, 6) is 2.34. The Hall–Kier alpha value is -2.52. The summed E-state index contributed by atoms with van der Waals surface area (Å²) < 4.78 is 5.33. The number of aromatic amines is 1. The first kappa shape index (κ1) is 16.0. The van der Waals surface area contributed by atoms with Gasteiger partial charge in [-0.05, 0) is 19.1 Å². The van der Waals surface area contributed by atoms with E-state index in [-0.39, 0.29) is 5.91 Å². The molecule has 0 unspecified atom stereocenters. The number of hydrogen-bond donors (Lipinski definition) is 1. The lowest BCUT2D eigenvalue weighted by atomic mass is 10.3. The number of H-pyrrole nitrogens is 1. The molecule has 1 amide bonds. The van der Waals surface area contributed by atoms with Crippen molar-refractivity contribution in [3.63, 3.8) is 0 Å². The Morgan fingerprint density at radius 3 is 2.88 bits per heavy atom. The van der Waals surface area contributed by atoms with Crippen LogP contribution in [0.25, 0.3) is 10.8 Å². The zero-order valence-corrected chi connectivity index (χ0v) is 14.6. The zero-order valence-electron chi connectivity index (χ0n) is 13.8. The van der Waals surface area contributed by atoms with E-state index in [1.54, 1.807) is 12.5 Å². The molecule has 0 atom stereocenters. The quantitative estimate of drug-likeness (QED) is 0.764. The van der Waals surface area contributed by atoms with E-state index in [0.29, 0.717) is 30.3 Å². The summed E-state index contributed by atoms with van der Waals surface area (Å²) in [4.78, 5) is 26.1. The number of nitrogens with zero attached hydrogens (tertiary/aromatic N) is 5. The largest absolute Gasteiger partial charge is 0.462 e. The number of thiazole rings is 1. The van der Waals surface area contributed by atoms with Crippen LogP contribution in [0.4, 0.5) is 0 Å². The Balaban J connectivity index is 1.35. The molecule has 4 heterocycles. The molecule has 0 spiro atoms. The SMILES string of the molecule is Cc1nc(CN2CCN(C(=O)c3cnc(-c4ccco4)s3)CC2)n[nH]1. The summed E-state index contributed by atoms with van der Waals surface area (Å²) in [7, 11) is 0. The molecule has 0 radical (unpaired) electrons. The fourth-order valence-electron chi connectivity index (χ4n) is 2.81. The van der Waals surface area contributed by atoms with Gasteiger partial charge in [0.15, 0.2) is 16.6 Å². The number of aryl methyl sites for hydroxylation is 1. The number of hydrogen-bond acceptors (Lipinski definition) is 7. The predicted molar refractivity (Wildman–Crippen MR) is 92.1 cm³/mol. The molecule has 3 aromatic heterocycles. The molecular weight excluding hydrogens is 340 g/mol. The Labute approximate surface area is 148 Å². The molecule has 1 aliphatic rings. The Bertz CT molecular complexity index is 848. The minimum Gasteiger partial charge on any atom is -0.462 e. The highest BCUT2D eigenvalue weighted by atomic mass is 32.1. The van der Waals surface area contributed by atoms with Gasteiger partial charge in [-0.2, -0.15) is 5.10 Å². The van der Waals surface area contributed by atoms with Crippen molar-refractivity contribution in [1.29, 1.82) is 0 Å². The highest BCUT2D eigenvalue weighted by molar-refractivity contribution is 7.16. The van der Waals surface area contributed by atoms with Crippen LogP contribution in [-0.4, -0.2) is 62.1 Å². The molecule has 8 nitrogen and oxygen atoms in total. The molecule has 1 fully saturated rings. The maximum Gasteiger partial charge on any atom is 0.265 e. The number of carbonyl (C=O) groups excluding carboxylic acids is 1. The van der Waals surface area contributed by atoms with Crippen LogP contribution in [0.2, 0.25) is 0 Å². The molecule has 1 saturated heterocycles. The molecule has 0 saturated carbocycles. The van der Waals surface area contributed by atoms with Gasteiger partial charge in [0.1, 0.15) is 10.7 Å². The van der Waals surface area contributed by atoms with Gasteiger partial charge in [0.25, 0.3) is 5.91 Å². The highest BCUT2D eigenvalue weighted by Crippen LogP contribution is 2.26. The standard InChI is InChI=1S/C16H18N6O2S/c1-11-18-14(20-19-11)10-21-4-6-22(7-5-21)16(23)13-9-17-15(25-13)12-3-2-8-24-12/h2-3,8-9H,4-7,10H2,1H3,(H,18,19,20). The van der Waals surface area contributed by atoms with Gasteiger partial charge in [0, 0.05) is 26.2 Å². The molecule has 0 bridgehead atoms. The monoisotopic (exact) mass is 358 g/mol. The topological polar surface area (TPSA) is 91.2 Å². The molecule has 1 N–H and O–H groups in total. The van der Waals surface area contributed by atoms with Crippen molar-refractivity contribution >= 4 is 17.2 Å². The van der Waals surface area contributed by atoms with Crippen molar-refractivity contribution in [3.05, 3.63) is 41.1 Å². The second kappa shape index (κ2) is 6.77. The smallest absolute Gasteiger partial charge is 0.265 e. The van der Waals surface area contributed by atoms with Gasteiger partial charge in [0.05, 0.1) is 19.0 Å². The number of amides is 1. The van der Waals surface area contributed by atoms with E-state index in [0.717, 1.165) is 29.7 Å². The molecule has 1 aliphatic heterocycles. The van der Waals surface area contributed by atoms with Crippen LogP contribution in [0.3, 0.4) is 0 Å². The van der Waals surface area contributed by atoms with Gasteiger partial charge < -0.3 is 9.32 Å². The van der Waals surface area contributed by atoms with Crippen molar-refractivity contribution in [2.24, 2.45) is 0 Å². The fourth-order valence-corrected chi connectivity index (χ4v) is 3.66. The summed E-state index contributed by atoms with van der Waals surface area (Å²) in [5, 5.41) is 7.75. The highest BCUT2D eigenvalue weighted by Gasteiger charge is 2.24. The predicted octanol–water partition coefficient (Wildman–Crippen LogP) is 1.79. The van der Waals surface area contributed by atoms with Crippen molar-refractivity contribution in [2.75, 3.05) is 26.2 Å². The third-order valence-electron chi connectivity index (χ3n) is 4.12. The van der Waals surface area contributed by atoms with E-state index in [4.69, 9.17) is 4.42 Å². The number of piperazine rings is 1. The maximum atomic E-state index is 12.7. The summed E-state index contributed by atoms with van der Waals surface area (Å²) >= 11 is 1.36. The van der Waals surface area contributed by atoms with Gasteiger partial charge >= 0.3 is 0 Å². The van der Waals surface area contributed by atoms with Crippen molar-refractivity contribution in [3.8, 4) is 10.8 Å². The third-order valence-corrected chi connectivity index (χ3v) is 5.12. The van der Waals surface area contributed by atoms with E-state index in [1.165, 1.54) is 11.3 Å². The number of rotatable bonds is 4. The van der Waals surface area contributed by atoms with Crippen LogP contribution in [0.1, 0.15) is 21.3 Å². The first-order valence-electron chi connectivity index (χ1n) is 8.08. The zero-order chi connectivity index (χ0) is 17.2. The lowest BCUT2D eigenvalue weighted by Gasteiger charge is -2.33. The lowest BCUT2D eigenvalue weighted by Crippen LogP contribution is -2.48. The van der Waals surface area contributed by atoms with E-state index in [2.05, 4.69) is 25.1 Å². The summed E-state index contributed by atoms with van der Waals surface area (Å²) in [5.41, 5.74) is 0. The van der Waals surface area contributed by atoms with Crippen molar-refractivity contribution in [2.45, 2.75) is 13.5 Å². The maximum absolute atomic E-state index is 12.7. The lowest BCUT2D eigenvalue weighted by molar-refractivity contribution is 0.0630.